The van der Waals surface area contributed by atoms with Crippen molar-refractivity contribution in [1.82, 2.24) is 25.4 Å². The Kier molecular flexibility index (Phi) is 5.75. The number of hydrogen-bond acceptors (Lipinski definition) is 4. The van der Waals surface area contributed by atoms with Gasteiger partial charge in [-0.2, -0.15) is 5.10 Å². The maximum Gasteiger partial charge on any atom is 0.213 e. The van der Waals surface area contributed by atoms with E-state index in [-0.39, 0.29) is 0 Å². The van der Waals surface area contributed by atoms with E-state index in [1.165, 1.54) is 11.3 Å². The van der Waals surface area contributed by atoms with E-state index in [2.05, 4.69) is 45.3 Å². The standard InChI is InChI=1S/C19H28N6O/c1-13(2)25-12-15-5-6-16(10-17(15)24-25)23-19(20-3)22-11-14-7-8-21-18(9-14)26-4/h7-9,12-13,16H,5-6,10-11H2,1-4H3,(H2,20,22,23). The molecular formula is C19H28N6O. The van der Waals surface area contributed by atoms with E-state index in [9.17, 15) is 0 Å². The van der Waals surface area contributed by atoms with Gasteiger partial charge in [0.05, 0.1) is 12.8 Å². The lowest BCUT2D eigenvalue weighted by Gasteiger charge is -2.24. The number of hydrogen-bond donors (Lipinski definition) is 2. The monoisotopic (exact) mass is 356 g/mol. The van der Waals surface area contributed by atoms with E-state index in [1.54, 1.807) is 20.4 Å². The summed E-state index contributed by atoms with van der Waals surface area (Å²) < 4.78 is 7.23. The summed E-state index contributed by atoms with van der Waals surface area (Å²) >= 11 is 0. The first-order chi connectivity index (χ1) is 12.6. The first kappa shape index (κ1) is 18.2. The number of nitrogens with one attached hydrogen (secondary N) is 2. The quantitative estimate of drug-likeness (QED) is 0.634. The highest BCUT2D eigenvalue weighted by molar-refractivity contribution is 5.80. The fourth-order valence-electron chi connectivity index (χ4n) is 3.15. The summed E-state index contributed by atoms with van der Waals surface area (Å²) in [5, 5.41) is 11.6. The molecule has 26 heavy (non-hydrogen) atoms. The lowest BCUT2D eigenvalue weighted by atomic mass is 9.94. The molecule has 7 nitrogen and oxygen atoms in total. The zero-order valence-electron chi connectivity index (χ0n) is 16.0. The Morgan fingerprint density at radius 3 is 3.04 bits per heavy atom. The van der Waals surface area contributed by atoms with Crippen molar-refractivity contribution >= 4 is 5.96 Å². The van der Waals surface area contributed by atoms with Gasteiger partial charge in [-0.15, -0.1) is 0 Å². The van der Waals surface area contributed by atoms with Crippen molar-refractivity contribution in [3.05, 3.63) is 41.3 Å². The van der Waals surface area contributed by atoms with Crippen LogP contribution in [0.1, 0.15) is 43.1 Å². The van der Waals surface area contributed by atoms with Crippen LogP contribution in [-0.4, -0.2) is 40.9 Å². The van der Waals surface area contributed by atoms with E-state index in [1.807, 2.05) is 12.1 Å². The van der Waals surface area contributed by atoms with Crippen molar-refractivity contribution in [2.75, 3.05) is 14.2 Å². The Balaban J connectivity index is 1.56. The molecule has 2 aromatic rings. The first-order valence-corrected chi connectivity index (χ1v) is 9.12. The Labute approximate surface area is 154 Å². The molecule has 0 amide bonds. The van der Waals surface area contributed by atoms with Crippen molar-refractivity contribution < 1.29 is 4.74 Å². The molecule has 7 heteroatoms. The fraction of sp³-hybridized carbons (Fsp3) is 0.526. The highest BCUT2D eigenvalue weighted by Crippen LogP contribution is 2.21. The summed E-state index contributed by atoms with van der Waals surface area (Å²) in [7, 11) is 3.42. The number of aromatic nitrogens is 3. The maximum absolute atomic E-state index is 5.17. The highest BCUT2D eigenvalue weighted by atomic mass is 16.5. The maximum atomic E-state index is 5.17. The third-order valence-electron chi connectivity index (χ3n) is 4.66. The number of ether oxygens (including phenoxy) is 1. The summed E-state index contributed by atoms with van der Waals surface area (Å²) in [6, 6.07) is 4.63. The molecule has 0 aliphatic heterocycles. The molecule has 0 aromatic carbocycles. The molecule has 1 aliphatic carbocycles. The molecule has 2 heterocycles. The summed E-state index contributed by atoms with van der Waals surface area (Å²) in [5.74, 6) is 1.42. The van der Waals surface area contributed by atoms with Crippen LogP contribution in [0.4, 0.5) is 0 Å². The highest BCUT2D eigenvalue weighted by Gasteiger charge is 2.22. The largest absolute Gasteiger partial charge is 0.481 e. The zero-order valence-corrected chi connectivity index (χ0v) is 16.0. The van der Waals surface area contributed by atoms with Gasteiger partial charge in [-0.1, -0.05) is 0 Å². The van der Waals surface area contributed by atoms with Gasteiger partial charge in [0.1, 0.15) is 0 Å². The SMILES string of the molecule is CN=C(NCc1ccnc(OC)c1)NC1CCc2cn(C(C)C)nc2C1. The second-order valence-electron chi connectivity index (χ2n) is 6.89. The van der Waals surface area contributed by atoms with Crippen LogP contribution < -0.4 is 15.4 Å². The van der Waals surface area contributed by atoms with Crippen molar-refractivity contribution in [1.29, 1.82) is 0 Å². The predicted octanol–water partition coefficient (Wildman–Crippen LogP) is 2.09. The van der Waals surface area contributed by atoms with Gasteiger partial charge in [0.15, 0.2) is 5.96 Å². The minimum absolute atomic E-state index is 0.344. The Hall–Kier alpha value is -2.57. The van der Waals surface area contributed by atoms with Crippen LogP contribution in [0.2, 0.25) is 0 Å². The molecule has 1 aliphatic rings. The molecular weight excluding hydrogens is 328 g/mol. The number of guanidine groups is 1. The van der Waals surface area contributed by atoms with Gasteiger partial charge in [0, 0.05) is 50.6 Å². The molecule has 0 fully saturated rings. The van der Waals surface area contributed by atoms with E-state index in [0.717, 1.165) is 30.8 Å². The molecule has 0 saturated heterocycles. The Bertz CT molecular complexity index is 767. The first-order valence-electron chi connectivity index (χ1n) is 9.12. The van der Waals surface area contributed by atoms with Crippen LogP contribution in [0.5, 0.6) is 5.88 Å². The van der Waals surface area contributed by atoms with Crippen LogP contribution in [0.3, 0.4) is 0 Å². The molecule has 0 radical (unpaired) electrons. The molecule has 1 atom stereocenters. The van der Waals surface area contributed by atoms with Crippen molar-refractivity contribution in [2.24, 2.45) is 4.99 Å². The van der Waals surface area contributed by atoms with Gasteiger partial charge in [0.25, 0.3) is 0 Å². The van der Waals surface area contributed by atoms with E-state index in [0.29, 0.717) is 24.5 Å². The minimum Gasteiger partial charge on any atom is -0.481 e. The van der Waals surface area contributed by atoms with Gasteiger partial charge in [0.2, 0.25) is 5.88 Å². The number of nitrogens with zero attached hydrogens (tertiary/aromatic N) is 4. The molecule has 140 valence electrons. The van der Waals surface area contributed by atoms with Crippen molar-refractivity contribution in [2.45, 2.75) is 51.7 Å². The summed E-state index contributed by atoms with van der Waals surface area (Å²) in [6.07, 6.45) is 7.01. The summed E-state index contributed by atoms with van der Waals surface area (Å²) in [4.78, 5) is 8.48. The second kappa shape index (κ2) is 8.21. The van der Waals surface area contributed by atoms with Crippen LogP contribution in [0.15, 0.2) is 29.5 Å². The Morgan fingerprint density at radius 1 is 1.46 bits per heavy atom. The van der Waals surface area contributed by atoms with E-state index in [4.69, 9.17) is 9.84 Å². The molecule has 0 spiro atoms. The van der Waals surface area contributed by atoms with E-state index < -0.39 is 0 Å². The van der Waals surface area contributed by atoms with Crippen LogP contribution >= 0.6 is 0 Å². The molecule has 2 aromatic heterocycles. The van der Waals surface area contributed by atoms with Crippen molar-refractivity contribution in [3.8, 4) is 5.88 Å². The number of fused-ring (bicyclic) bond motifs is 1. The molecule has 1 unspecified atom stereocenters. The van der Waals surface area contributed by atoms with Gasteiger partial charge >= 0.3 is 0 Å². The second-order valence-corrected chi connectivity index (χ2v) is 6.89. The fourth-order valence-corrected chi connectivity index (χ4v) is 3.15. The lowest BCUT2D eigenvalue weighted by Crippen LogP contribution is -2.45. The topological polar surface area (TPSA) is 76.4 Å². The average Bonchev–Trinajstić information content (AvgIpc) is 3.09. The van der Waals surface area contributed by atoms with Crippen LogP contribution in [0, 0.1) is 0 Å². The number of methoxy groups -OCH3 is 1. The molecule has 0 bridgehead atoms. The van der Waals surface area contributed by atoms with Gasteiger partial charge in [-0.25, -0.2) is 4.98 Å². The average molecular weight is 356 g/mol. The van der Waals surface area contributed by atoms with E-state index >= 15 is 0 Å². The number of pyridine rings is 1. The number of aliphatic imine (C=N–C) groups is 1. The van der Waals surface area contributed by atoms with Crippen molar-refractivity contribution in [3.63, 3.8) is 0 Å². The zero-order chi connectivity index (χ0) is 18.5. The van der Waals surface area contributed by atoms with Gasteiger partial charge < -0.3 is 15.4 Å². The number of aryl methyl sites for hydroxylation is 1. The summed E-state index contributed by atoms with van der Waals surface area (Å²) in [6.45, 7) is 4.99. The van der Waals surface area contributed by atoms with Crippen LogP contribution in [-0.2, 0) is 19.4 Å². The smallest absolute Gasteiger partial charge is 0.213 e. The third-order valence-corrected chi connectivity index (χ3v) is 4.66. The lowest BCUT2D eigenvalue weighted by molar-refractivity contribution is 0.397. The van der Waals surface area contributed by atoms with Gasteiger partial charge in [-0.3, -0.25) is 9.67 Å². The number of rotatable bonds is 5. The Morgan fingerprint density at radius 2 is 2.31 bits per heavy atom. The third kappa shape index (κ3) is 4.33. The normalized spacial score (nSPS) is 17.1. The summed E-state index contributed by atoms with van der Waals surface area (Å²) in [5.41, 5.74) is 3.68. The predicted molar refractivity (Wildman–Crippen MR) is 103 cm³/mol. The van der Waals surface area contributed by atoms with Crippen LogP contribution in [0.25, 0.3) is 0 Å². The minimum atomic E-state index is 0.344. The van der Waals surface area contributed by atoms with Gasteiger partial charge in [-0.05, 0) is 43.9 Å². The molecule has 2 N–H and O–H groups in total. The molecule has 3 rings (SSSR count). The molecule has 0 saturated carbocycles.